The van der Waals surface area contributed by atoms with Gasteiger partial charge in [-0.15, -0.1) is 0 Å². The van der Waals surface area contributed by atoms with Crippen molar-refractivity contribution in [1.29, 1.82) is 0 Å². The molecular weight excluding hydrogens is 228 g/mol. The number of anilines is 1. The zero-order chi connectivity index (χ0) is 12.8. The molecule has 4 heteroatoms. The molecule has 18 heavy (non-hydrogen) atoms. The number of rotatable bonds is 3. The third-order valence-electron chi connectivity index (χ3n) is 3.99. The lowest BCUT2D eigenvalue weighted by Crippen LogP contribution is -2.26. The van der Waals surface area contributed by atoms with Crippen molar-refractivity contribution in [3.05, 3.63) is 29.3 Å². The van der Waals surface area contributed by atoms with Crippen LogP contribution in [0, 0.1) is 5.41 Å². The van der Waals surface area contributed by atoms with E-state index in [9.17, 15) is 9.59 Å². The molecule has 4 nitrogen and oxygen atoms in total. The number of nitrogens with two attached hydrogens (primary N) is 1. The number of fused-ring (bicyclic) bond motifs is 1. The Kier molecular flexibility index (Phi) is 2.48. The first-order valence-electron chi connectivity index (χ1n) is 6.32. The smallest absolute Gasteiger partial charge is 0.224 e. The highest BCUT2D eigenvalue weighted by Gasteiger charge is 2.48. The first kappa shape index (κ1) is 11.4. The van der Waals surface area contributed by atoms with E-state index in [-0.39, 0.29) is 17.1 Å². The molecule has 1 heterocycles. The van der Waals surface area contributed by atoms with Gasteiger partial charge in [0, 0.05) is 29.6 Å². The Balaban J connectivity index is 1.91. The number of ketones is 1. The highest BCUT2D eigenvalue weighted by molar-refractivity contribution is 6.03. The Hall–Kier alpha value is -1.68. The molecule has 0 aromatic heterocycles. The van der Waals surface area contributed by atoms with Crippen LogP contribution in [0.5, 0.6) is 0 Å². The van der Waals surface area contributed by atoms with Crippen LogP contribution in [0.4, 0.5) is 5.69 Å². The lowest BCUT2D eigenvalue weighted by molar-refractivity contribution is -0.116. The molecule has 94 valence electrons. The molecule has 1 aliphatic carbocycles. The summed E-state index contributed by atoms with van der Waals surface area (Å²) in [5.41, 5.74) is 8.00. The molecule has 1 amide bonds. The van der Waals surface area contributed by atoms with Crippen molar-refractivity contribution in [1.82, 2.24) is 0 Å². The third kappa shape index (κ3) is 1.73. The van der Waals surface area contributed by atoms with E-state index in [0.717, 1.165) is 29.7 Å². The molecule has 0 spiro atoms. The van der Waals surface area contributed by atoms with Crippen LogP contribution >= 0.6 is 0 Å². The summed E-state index contributed by atoms with van der Waals surface area (Å²) in [6.07, 6.45) is 3.00. The fourth-order valence-corrected chi connectivity index (χ4v) is 2.51. The van der Waals surface area contributed by atoms with Crippen molar-refractivity contribution in [2.75, 3.05) is 11.9 Å². The molecule has 1 saturated carbocycles. The molecule has 1 aromatic carbocycles. The van der Waals surface area contributed by atoms with Crippen LogP contribution in [-0.2, 0) is 11.2 Å². The zero-order valence-corrected chi connectivity index (χ0v) is 10.2. The number of benzene rings is 1. The van der Waals surface area contributed by atoms with Gasteiger partial charge >= 0.3 is 0 Å². The molecule has 0 unspecified atom stereocenters. The van der Waals surface area contributed by atoms with Crippen LogP contribution in [0.25, 0.3) is 0 Å². The molecule has 1 fully saturated rings. The molecule has 0 saturated heterocycles. The number of carbonyl (C=O) groups excluding carboxylic acids is 2. The van der Waals surface area contributed by atoms with Crippen molar-refractivity contribution >= 4 is 17.4 Å². The standard InChI is InChI=1S/C14H16N2O2/c15-8-14(5-6-14)13(18)10-1-3-11-9(7-10)2-4-12(17)16-11/h1,3,7H,2,4-6,8,15H2,(H,16,17). The van der Waals surface area contributed by atoms with Gasteiger partial charge in [0.05, 0.1) is 0 Å². The van der Waals surface area contributed by atoms with E-state index in [1.54, 1.807) is 6.07 Å². The minimum Gasteiger partial charge on any atom is -0.329 e. The molecule has 0 atom stereocenters. The summed E-state index contributed by atoms with van der Waals surface area (Å²) >= 11 is 0. The Labute approximate surface area is 106 Å². The van der Waals surface area contributed by atoms with E-state index in [4.69, 9.17) is 5.73 Å². The average Bonchev–Trinajstić information content (AvgIpc) is 3.18. The van der Waals surface area contributed by atoms with Crippen molar-refractivity contribution < 1.29 is 9.59 Å². The number of hydrogen-bond acceptors (Lipinski definition) is 3. The second-order valence-electron chi connectivity index (χ2n) is 5.23. The highest BCUT2D eigenvalue weighted by Crippen LogP contribution is 2.47. The molecule has 0 radical (unpaired) electrons. The van der Waals surface area contributed by atoms with Crippen molar-refractivity contribution in [2.45, 2.75) is 25.7 Å². The lowest BCUT2D eigenvalue weighted by Gasteiger charge is -2.18. The van der Waals surface area contributed by atoms with Gasteiger partial charge < -0.3 is 11.1 Å². The summed E-state index contributed by atoms with van der Waals surface area (Å²) in [4.78, 5) is 23.6. The van der Waals surface area contributed by atoms with Crippen LogP contribution < -0.4 is 11.1 Å². The number of aryl methyl sites for hydroxylation is 1. The monoisotopic (exact) mass is 244 g/mol. The predicted octanol–water partition coefficient (Wildman–Crippen LogP) is 1.49. The van der Waals surface area contributed by atoms with Gasteiger partial charge in [0.15, 0.2) is 5.78 Å². The van der Waals surface area contributed by atoms with E-state index in [1.165, 1.54) is 0 Å². The average molecular weight is 244 g/mol. The zero-order valence-electron chi connectivity index (χ0n) is 10.2. The van der Waals surface area contributed by atoms with Gasteiger partial charge in [0.1, 0.15) is 0 Å². The van der Waals surface area contributed by atoms with Crippen molar-refractivity contribution in [3.8, 4) is 0 Å². The van der Waals surface area contributed by atoms with E-state index in [0.29, 0.717) is 19.4 Å². The number of hydrogen-bond donors (Lipinski definition) is 2. The van der Waals surface area contributed by atoms with Gasteiger partial charge in [0.2, 0.25) is 5.91 Å². The summed E-state index contributed by atoms with van der Waals surface area (Å²) in [6.45, 7) is 0.430. The summed E-state index contributed by atoms with van der Waals surface area (Å²) in [6, 6.07) is 5.53. The lowest BCUT2D eigenvalue weighted by atomic mass is 9.91. The quantitative estimate of drug-likeness (QED) is 0.791. The molecule has 2 aliphatic rings. The normalized spacial score (nSPS) is 19.9. The van der Waals surface area contributed by atoms with E-state index in [1.807, 2.05) is 12.1 Å². The maximum atomic E-state index is 12.3. The van der Waals surface area contributed by atoms with Gasteiger partial charge in [-0.1, -0.05) is 0 Å². The number of nitrogens with one attached hydrogen (secondary N) is 1. The first-order valence-corrected chi connectivity index (χ1v) is 6.32. The summed E-state index contributed by atoms with van der Waals surface area (Å²) in [5, 5.41) is 2.82. The van der Waals surface area contributed by atoms with Gasteiger partial charge in [-0.2, -0.15) is 0 Å². The van der Waals surface area contributed by atoms with Gasteiger partial charge in [0.25, 0.3) is 0 Å². The molecule has 1 aliphatic heterocycles. The number of amides is 1. The van der Waals surface area contributed by atoms with Crippen LogP contribution in [0.3, 0.4) is 0 Å². The molecule has 3 rings (SSSR count). The Morgan fingerprint density at radius 1 is 1.33 bits per heavy atom. The summed E-state index contributed by atoms with van der Waals surface area (Å²) in [7, 11) is 0. The fourth-order valence-electron chi connectivity index (χ4n) is 2.51. The van der Waals surface area contributed by atoms with Gasteiger partial charge in [-0.25, -0.2) is 0 Å². The van der Waals surface area contributed by atoms with E-state index >= 15 is 0 Å². The van der Waals surface area contributed by atoms with E-state index < -0.39 is 0 Å². The second-order valence-corrected chi connectivity index (χ2v) is 5.23. The topological polar surface area (TPSA) is 72.2 Å². The largest absolute Gasteiger partial charge is 0.329 e. The number of carbonyl (C=O) groups is 2. The van der Waals surface area contributed by atoms with Crippen molar-refractivity contribution in [2.24, 2.45) is 11.1 Å². The Morgan fingerprint density at radius 3 is 2.78 bits per heavy atom. The Bertz CT molecular complexity index is 533. The second kappa shape index (κ2) is 3.92. The third-order valence-corrected chi connectivity index (χ3v) is 3.99. The summed E-state index contributed by atoms with van der Waals surface area (Å²) < 4.78 is 0. The fraction of sp³-hybridized carbons (Fsp3) is 0.429. The minimum absolute atomic E-state index is 0.0437. The van der Waals surface area contributed by atoms with E-state index in [2.05, 4.69) is 5.32 Å². The van der Waals surface area contributed by atoms with Crippen LogP contribution in [0.2, 0.25) is 0 Å². The minimum atomic E-state index is -0.299. The van der Waals surface area contributed by atoms with Gasteiger partial charge in [-0.3, -0.25) is 9.59 Å². The predicted molar refractivity (Wildman–Crippen MR) is 68.4 cm³/mol. The maximum absolute atomic E-state index is 12.3. The molecular formula is C14H16N2O2. The number of Topliss-reactive ketones (excluding diaryl/α,β-unsaturated/α-hetero) is 1. The van der Waals surface area contributed by atoms with Crippen LogP contribution in [0.1, 0.15) is 35.2 Å². The molecule has 1 aromatic rings. The van der Waals surface area contributed by atoms with Crippen LogP contribution in [-0.4, -0.2) is 18.2 Å². The van der Waals surface area contributed by atoms with Gasteiger partial charge in [-0.05, 0) is 43.0 Å². The highest BCUT2D eigenvalue weighted by atomic mass is 16.1. The Morgan fingerprint density at radius 2 is 2.11 bits per heavy atom. The first-order chi connectivity index (χ1) is 8.64. The van der Waals surface area contributed by atoms with Crippen LogP contribution in [0.15, 0.2) is 18.2 Å². The molecule has 0 bridgehead atoms. The SMILES string of the molecule is NCC1(C(=O)c2ccc3c(c2)CCC(=O)N3)CC1. The maximum Gasteiger partial charge on any atom is 0.224 e. The van der Waals surface area contributed by atoms with Crippen molar-refractivity contribution in [3.63, 3.8) is 0 Å². The molecule has 3 N–H and O–H groups in total. The summed E-state index contributed by atoms with van der Waals surface area (Å²) in [5.74, 6) is 0.201.